The van der Waals surface area contributed by atoms with Crippen LogP contribution in [0.3, 0.4) is 0 Å². The lowest BCUT2D eigenvalue weighted by atomic mass is 9.88. The third-order valence-corrected chi connectivity index (χ3v) is 4.05. The second-order valence-corrected chi connectivity index (χ2v) is 6.69. The highest BCUT2D eigenvalue weighted by molar-refractivity contribution is 5.76. The lowest BCUT2D eigenvalue weighted by Crippen LogP contribution is -2.68. The molecule has 0 aromatic rings. The van der Waals surface area contributed by atoms with Gasteiger partial charge in [0, 0.05) is 34.1 Å². The molecule has 1 rings (SSSR count). The first-order chi connectivity index (χ1) is 13.8. The second kappa shape index (κ2) is 10.3. The number of esters is 3. The quantitative estimate of drug-likeness (QED) is 0.238. The van der Waals surface area contributed by atoms with Gasteiger partial charge in [-0.3, -0.25) is 19.2 Å². The Balaban J connectivity index is 3.44. The normalized spacial score (nSPS) is 27.9. The number of aliphatic carboxylic acids is 1. The molecule has 1 saturated heterocycles. The SMILES string of the molecule is CC(=O)N[C@H]1[C@H]([C@@H](OC(C)=O)[C@@H](COC(C)=O)OC(C)=O)O[C@](O)(C(=O)O)C[C@@H]1O. The van der Waals surface area contributed by atoms with Crippen molar-refractivity contribution < 1.29 is 58.2 Å². The summed E-state index contributed by atoms with van der Waals surface area (Å²) >= 11 is 0. The summed E-state index contributed by atoms with van der Waals surface area (Å²) in [5, 5.41) is 32.3. The molecule has 4 N–H and O–H groups in total. The molecule has 170 valence electrons. The number of carboxylic acid groups (broad SMARTS) is 1. The zero-order valence-corrected chi connectivity index (χ0v) is 16.8. The van der Waals surface area contributed by atoms with Gasteiger partial charge in [0.05, 0.1) is 12.1 Å². The van der Waals surface area contributed by atoms with E-state index in [2.05, 4.69) is 5.32 Å². The van der Waals surface area contributed by atoms with Crippen LogP contribution in [-0.4, -0.2) is 88.0 Å². The maximum atomic E-state index is 11.7. The Kier molecular flexibility index (Phi) is 8.69. The van der Waals surface area contributed by atoms with E-state index < -0.39 is 79.1 Å². The molecule has 1 heterocycles. The molecule has 1 amide bonds. The molecule has 1 aliphatic rings. The smallest absolute Gasteiger partial charge is 0.364 e. The number of ether oxygens (including phenoxy) is 4. The minimum atomic E-state index is -2.90. The molecule has 1 fully saturated rings. The number of rotatable bonds is 8. The zero-order chi connectivity index (χ0) is 23.2. The molecule has 0 unspecified atom stereocenters. The second-order valence-electron chi connectivity index (χ2n) is 6.69. The fraction of sp³-hybridized carbons (Fsp3) is 0.706. The van der Waals surface area contributed by atoms with Crippen LogP contribution >= 0.6 is 0 Å². The minimum Gasteiger partial charge on any atom is -0.477 e. The van der Waals surface area contributed by atoms with E-state index in [1.165, 1.54) is 0 Å². The predicted molar refractivity (Wildman–Crippen MR) is 93.4 cm³/mol. The predicted octanol–water partition coefficient (Wildman–Crippen LogP) is -2.16. The van der Waals surface area contributed by atoms with Gasteiger partial charge in [0.1, 0.15) is 12.7 Å². The first-order valence-electron chi connectivity index (χ1n) is 8.83. The number of aliphatic hydroxyl groups is 2. The number of aliphatic hydroxyl groups excluding tert-OH is 1. The number of hydrogen-bond acceptors (Lipinski definition) is 11. The molecular formula is C17H25NO12. The van der Waals surface area contributed by atoms with Crippen molar-refractivity contribution in [2.45, 2.75) is 70.4 Å². The molecular weight excluding hydrogens is 410 g/mol. The number of hydrogen-bond donors (Lipinski definition) is 4. The van der Waals surface area contributed by atoms with Crippen molar-refractivity contribution in [3.63, 3.8) is 0 Å². The van der Waals surface area contributed by atoms with Crippen LogP contribution in [0, 0.1) is 0 Å². The Labute approximate surface area is 171 Å². The van der Waals surface area contributed by atoms with Crippen LogP contribution in [0.2, 0.25) is 0 Å². The van der Waals surface area contributed by atoms with Crippen LogP contribution in [0.15, 0.2) is 0 Å². The lowest BCUT2D eigenvalue weighted by molar-refractivity contribution is -0.297. The average Bonchev–Trinajstić information content (AvgIpc) is 2.58. The zero-order valence-electron chi connectivity index (χ0n) is 16.8. The van der Waals surface area contributed by atoms with Crippen LogP contribution in [-0.2, 0) is 42.9 Å². The van der Waals surface area contributed by atoms with E-state index in [4.69, 9.17) is 18.9 Å². The highest BCUT2D eigenvalue weighted by atomic mass is 16.7. The van der Waals surface area contributed by atoms with Crippen LogP contribution in [0.25, 0.3) is 0 Å². The summed E-state index contributed by atoms with van der Waals surface area (Å²) in [6.07, 6.45) is -7.37. The summed E-state index contributed by atoms with van der Waals surface area (Å²) in [4.78, 5) is 57.4. The van der Waals surface area contributed by atoms with E-state index in [1.54, 1.807) is 0 Å². The summed E-state index contributed by atoms with van der Waals surface area (Å²) in [6.45, 7) is 3.54. The standard InChI is InChI=1S/C17H25NO12/c1-7(19)18-13-11(23)5-17(26,16(24)25)30-15(13)14(29-10(4)22)12(28-9(3)21)6-27-8(2)20/h11-15,23,26H,5-6H2,1-4H3,(H,18,19)(H,24,25)/t11-,12+,13+,14-,15+,17-/m0/s1. The molecule has 6 atom stereocenters. The van der Waals surface area contributed by atoms with Crippen molar-refractivity contribution in [1.82, 2.24) is 5.32 Å². The van der Waals surface area contributed by atoms with Crippen molar-refractivity contribution in [2.24, 2.45) is 0 Å². The van der Waals surface area contributed by atoms with Crippen LogP contribution in [0.1, 0.15) is 34.1 Å². The van der Waals surface area contributed by atoms with Crippen molar-refractivity contribution in [3.05, 3.63) is 0 Å². The van der Waals surface area contributed by atoms with Gasteiger partial charge in [-0.05, 0) is 0 Å². The van der Waals surface area contributed by atoms with E-state index in [0.717, 1.165) is 27.7 Å². The van der Waals surface area contributed by atoms with Gasteiger partial charge in [-0.25, -0.2) is 4.79 Å². The number of carboxylic acids is 1. The number of nitrogens with one attached hydrogen (secondary N) is 1. The first kappa shape index (κ1) is 25.3. The molecule has 13 nitrogen and oxygen atoms in total. The van der Waals surface area contributed by atoms with Gasteiger partial charge in [-0.1, -0.05) is 0 Å². The summed E-state index contributed by atoms with van der Waals surface area (Å²) in [5.41, 5.74) is 0. The highest BCUT2D eigenvalue weighted by Gasteiger charge is 2.55. The van der Waals surface area contributed by atoms with E-state index in [-0.39, 0.29) is 0 Å². The Morgan fingerprint density at radius 1 is 1.07 bits per heavy atom. The fourth-order valence-electron chi connectivity index (χ4n) is 2.95. The molecule has 0 spiro atoms. The van der Waals surface area contributed by atoms with Crippen molar-refractivity contribution in [3.8, 4) is 0 Å². The summed E-state index contributed by atoms with van der Waals surface area (Å²) < 4.78 is 20.2. The maximum absolute atomic E-state index is 11.7. The monoisotopic (exact) mass is 435 g/mol. The van der Waals surface area contributed by atoms with Gasteiger partial charge < -0.3 is 39.6 Å². The third-order valence-electron chi connectivity index (χ3n) is 4.05. The Hall–Kier alpha value is -2.77. The molecule has 0 aromatic heterocycles. The number of carbonyl (C=O) groups is 5. The largest absolute Gasteiger partial charge is 0.477 e. The van der Waals surface area contributed by atoms with Gasteiger partial charge in [0.2, 0.25) is 5.91 Å². The molecule has 0 saturated carbocycles. The van der Waals surface area contributed by atoms with Crippen molar-refractivity contribution in [1.29, 1.82) is 0 Å². The van der Waals surface area contributed by atoms with E-state index in [0.29, 0.717) is 0 Å². The number of carbonyl (C=O) groups excluding carboxylic acids is 4. The third kappa shape index (κ3) is 6.93. The van der Waals surface area contributed by atoms with Crippen molar-refractivity contribution >= 4 is 29.8 Å². The van der Waals surface area contributed by atoms with Gasteiger partial charge in [-0.2, -0.15) is 0 Å². The number of amides is 1. The molecule has 1 aliphatic heterocycles. The summed E-state index contributed by atoms with van der Waals surface area (Å²) in [6, 6.07) is -1.37. The van der Waals surface area contributed by atoms with Gasteiger partial charge in [0.25, 0.3) is 5.79 Å². The Morgan fingerprint density at radius 2 is 1.63 bits per heavy atom. The molecule has 30 heavy (non-hydrogen) atoms. The van der Waals surface area contributed by atoms with E-state index in [9.17, 15) is 39.3 Å². The van der Waals surface area contributed by atoms with Crippen LogP contribution in [0.5, 0.6) is 0 Å². The van der Waals surface area contributed by atoms with Crippen molar-refractivity contribution in [2.75, 3.05) is 6.61 Å². The lowest BCUT2D eigenvalue weighted by Gasteiger charge is -2.45. The van der Waals surface area contributed by atoms with E-state index in [1.807, 2.05) is 0 Å². The maximum Gasteiger partial charge on any atom is 0.364 e. The van der Waals surface area contributed by atoms with E-state index >= 15 is 0 Å². The first-order valence-corrected chi connectivity index (χ1v) is 8.83. The van der Waals surface area contributed by atoms with Gasteiger partial charge in [0.15, 0.2) is 12.2 Å². The minimum absolute atomic E-state index is 0.624. The van der Waals surface area contributed by atoms with Crippen LogP contribution < -0.4 is 5.32 Å². The molecule has 0 aromatic carbocycles. The van der Waals surface area contributed by atoms with Crippen LogP contribution in [0.4, 0.5) is 0 Å². The Bertz CT molecular complexity index is 694. The van der Waals surface area contributed by atoms with Gasteiger partial charge in [-0.15, -0.1) is 0 Å². The molecule has 13 heteroatoms. The summed E-state index contributed by atoms with van der Waals surface area (Å²) in [7, 11) is 0. The topological polar surface area (TPSA) is 195 Å². The highest BCUT2D eigenvalue weighted by Crippen LogP contribution is 2.32. The summed E-state index contributed by atoms with van der Waals surface area (Å²) in [5.74, 6) is -7.97. The fourth-order valence-corrected chi connectivity index (χ4v) is 2.95. The molecule has 0 radical (unpaired) electrons. The molecule has 0 aliphatic carbocycles. The average molecular weight is 435 g/mol. The molecule has 0 bridgehead atoms. The Morgan fingerprint density at radius 3 is 2.07 bits per heavy atom. The van der Waals surface area contributed by atoms with Gasteiger partial charge >= 0.3 is 23.9 Å².